The summed E-state index contributed by atoms with van der Waals surface area (Å²) in [5.41, 5.74) is 2.52. The number of carbonyl (C=O) groups is 1. The van der Waals surface area contributed by atoms with E-state index in [9.17, 15) is 4.79 Å². The number of para-hydroxylation sites is 1. The van der Waals surface area contributed by atoms with E-state index in [4.69, 9.17) is 9.47 Å². The summed E-state index contributed by atoms with van der Waals surface area (Å²) in [6.45, 7) is 0.338. The number of fused-ring (bicyclic) bond motifs is 1. The molecule has 5 nitrogen and oxygen atoms in total. The molecular formula is C17H16N2O3. The monoisotopic (exact) mass is 296 g/mol. The van der Waals surface area contributed by atoms with Gasteiger partial charge in [0.05, 0.1) is 24.4 Å². The lowest BCUT2D eigenvalue weighted by atomic mass is 10.1. The van der Waals surface area contributed by atoms with Gasteiger partial charge in [-0.1, -0.05) is 18.2 Å². The van der Waals surface area contributed by atoms with Crippen molar-refractivity contribution in [3.63, 3.8) is 0 Å². The molecule has 1 aromatic heterocycles. The molecule has 0 saturated carbocycles. The van der Waals surface area contributed by atoms with Crippen molar-refractivity contribution in [2.45, 2.75) is 6.61 Å². The molecule has 0 N–H and O–H groups in total. The van der Waals surface area contributed by atoms with Crippen LogP contribution in [0.5, 0.6) is 11.5 Å². The minimum atomic E-state index is 0.338. The number of rotatable bonds is 5. The third-order valence-electron chi connectivity index (χ3n) is 3.61. The highest BCUT2D eigenvalue weighted by molar-refractivity contribution is 5.83. The predicted molar refractivity (Wildman–Crippen MR) is 83.4 cm³/mol. The van der Waals surface area contributed by atoms with Crippen LogP contribution in [-0.4, -0.2) is 23.2 Å². The number of carbonyl (C=O) groups excluding carboxylic acids is 1. The van der Waals surface area contributed by atoms with Gasteiger partial charge in [0.25, 0.3) is 0 Å². The molecule has 0 aliphatic rings. The summed E-state index contributed by atoms with van der Waals surface area (Å²) in [4.78, 5) is 11.2. The molecule has 3 aromatic rings. The maximum Gasteiger partial charge on any atom is 0.172 e. The van der Waals surface area contributed by atoms with Gasteiger partial charge in [0.15, 0.2) is 17.8 Å². The molecule has 0 saturated heterocycles. The van der Waals surface area contributed by atoms with Crippen LogP contribution in [0.15, 0.2) is 42.6 Å². The molecule has 0 unspecified atom stereocenters. The number of hydrogen-bond donors (Lipinski definition) is 0. The van der Waals surface area contributed by atoms with E-state index in [-0.39, 0.29) is 0 Å². The molecular weight excluding hydrogens is 280 g/mol. The Labute approximate surface area is 128 Å². The Balaban J connectivity index is 1.93. The SMILES string of the molecule is COc1cccc(C=O)c1OCc1cccc2c1cnn2C. The average molecular weight is 296 g/mol. The predicted octanol–water partition coefficient (Wildman–Crippen LogP) is 2.97. The van der Waals surface area contributed by atoms with E-state index in [0.29, 0.717) is 23.7 Å². The highest BCUT2D eigenvalue weighted by atomic mass is 16.5. The van der Waals surface area contributed by atoms with Crippen LogP contribution in [0.2, 0.25) is 0 Å². The Kier molecular flexibility index (Phi) is 3.78. The molecule has 0 spiro atoms. The maximum atomic E-state index is 11.2. The first-order chi connectivity index (χ1) is 10.7. The minimum absolute atomic E-state index is 0.338. The third-order valence-corrected chi connectivity index (χ3v) is 3.61. The summed E-state index contributed by atoms with van der Waals surface area (Å²) in [5.74, 6) is 1.00. The van der Waals surface area contributed by atoms with Crippen molar-refractivity contribution < 1.29 is 14.3 Å². The van der Waals surface area contributed by atoms with Crippen molar-refractivity contribution >= 4 is 17.2 Å². The van der Waals surface area contributed by atoms with Crippen LogP contribution < -0.4 is 9.47 Å². The Morgan fingerprint density at radius 1 is 1.23 bits per heavy atom. The third kappa shape index (κ3) is 2.41. The van der Waals surface area contributed by atoms with E-state index in [1.165, 1.54) is 0 Å². The van der Waals surface area contributed by atoms with E-state index in [0.717, 1.165) is 22.8 Å². The summed E-state index contributed by atoms with van der Waals surface area (Å²) in [6, 6.07) is 11.2. The zero-order chi connectivity index (χ0) is 15.5. The van der Waals surface area contributed by atoms with E-state index in [2.05, 4.69) is 5.10 Å². The number of ether oxygens (including phenoxy) is 2. The number of methoxy groups -OCH3 is 1. The molecule has 22 heavy (non-hydrogen) atoms. The first-order valence-electron chi connectivity index (χ1n) is 6.89. The summed E-state index contributed by atoms with van der Waals surface area (Å²) < 4.78 is 12.9. The zero-order valence-corrected chi connectivity index (χ0v) is 12.4. The normalized spacial score (nSPS) is 10.6. The van der Waals surface area contributed by atoms with Gasteiger partial charge in [-0.3, -0.25) is 9.48 Å². The van der Waals surface area contributed by atoms with Gasteiger partial charge in [0.1, 0.15) is 6.61 Å². The van der Waals surface area contributed by atoms with Crippen LogP contribution in [0.4, 0.5) is 0 Å². The topological polar surface area (TPSA) is 53.4 Å². The zero-order valence-electron chi connectivity index (χ0n) is 12.4. The number of nitrogens with zero attached hydrogens (tertiary/aromatic N) is 2. The summed E-state index contributed by atoms with van der Waals surface area (Å²) in [5, 5.41) is 5.29. The highest BCUT2D eigenvalue weighted by Gasteiger charge is 2.12. The molecule has 0 aliphatic heterocycles. The molecule has 5 heteroatoms. The Bertz CT molecular complexity index is 824. The Morgan fingerprint density at radius 3 is 2.82 bits per heavy atom. The van der Waals surface area contributed by atoms with Crippen LogP contribution in [0.3, 0.4) is 0 Å². The molecule has 0 aliphatic carbocycles. The second-order valence-corrected chi connectivity index (χ2v) is 4.90. The van der Waals surface area contributed by atoms with E-state index < -0.39 is 0 Å². The smallest absolute Gasteiger partial charge is 0.172 e. The van der Waals surface area contributed by atoms with Crippen LogP contribution in [0.25, 0.3) is 10.9 Å². The molecule has 0 atom stereocenters. The molecule has 0 radical (unpaired) electrons. The van der Waals surface area contributed by atoms with Crippen molar-refractivity contribution in [3.05, 3.63) is 53.7 Å². The first-order valence-corrected chi connectivity index (χ1v) is 6.89. The average Bonchev–Trinajstić information content (AvgIpc) is 2.94. The van der Waals surface area contributed by atoms with Gasteiger partial charge in [-0.15, -0.1) is 0 Å². The van der Waals surface area contributed by atoms with Crippen LogP contribution in [0, 0.1) is 0 Å². The summed E-state index contributed by atoms with van der Waals surface area (Å²) in [6.07, 6.45) is 2.58. The van der Waals surface area contributed by atoms with E-state index in [1.54, 1.807) is 25.3 Å². The van der Waals surface area contributed by atoms with Crippen molar-refractivity contribution in [2.75, 3.05) is 7.11 Å². The fourth-order valence-electron chi connectivity index (χ4n) is 2.45. The number of aromatic nitrogens is 2. The van der Waals surface area contributed by atoms with Crippen molar-refractivity contribution in [2.24, 2.45) is 7.05 Å². The molecule has 1 heterocycles. The van der Waals surface area contributed by atoms with Crippen molar-refractivity contribution in [3.8, 4) is 11.5 Å². The van der Waals surface area contributed by atoms with E-state index in [1.807, 2.05) is 36.1 Å². The van der Waals surface area contributed by atoms with Gasteiger partial charge >= 0.3 is 0 Å². The largest absolute Gasteiger partial charge is 0.493 e. The first kappa shape index (κ1) is 14.1. The van der Waals surface area contributed by atoms with Crippen LogP contribution in [0.1, 0.15) is 15.9 Å². The number of aldehydes is 1. The molecule has 0 amide bonds. The quantitative estimate of drug-likeness (QED) is 0.679. The van der Waals surface area contributed by atoms with Crippen molar-refractivity contribution in [1.82, 2.24) is 9.78 Å². The molecule has 2 aromatic carbocycles. The molecule has 112 valence electrons. The van der Waals surface area contributed by atoms with Gasteiger partial charge in [0.2, 0.25) is 0 Å². The standard InChI is InChI=1S/C17H16N2O3/c1-19-15-7-3-6-13(14(15)9-18-19)11-22-17-12(10-20)5-4-8-16(17)21-2/h3-10H,11H2,1-2H3. The molecule has 0 bridgehead atoms. The fourth-order valence-corrected chi connectivity index (χ4v) is 2.45. The van der Waals surface area contributed by atoms with Gasteiger partial charge in [-0.05, 0) is 18.2 Å². The second-order valence-electron chi connectivity index (χ2n) is 4.90. The Hall–Kier alpha value is -2.82. The summed E-state index contributed by atoms with van der Waals surface area (Å²) >= 11 is 0. The molecule has 0 fully saturated rings. The minimum Gasteiger partial charge on any atom is -0.493 e. The fraction of sp³-hybridized carbons (Fsp3) is 0.176. The van der Waals surface area contributed by atoms with Crippen LogP contribution in [-0.2, 0) is 13.7 Å². The van der Waals surface area contributed by atoms with Crippen molar-refractivity contribution in [1.29, 1.82) is 0 Å². The van der Waals surface area contributed by atoms with E-state index >= 15 is 0 Å². The maximum absolute atomic E-state index is 11.2. The lowest BCUT2D eigenvalue weighted by molar-refractivity contribution is 0.111. The van der Waals surface area contributed by atoms with Gasteiger partial charge < -0.3 is 9.47 Å². The second kappa shape index (κ2) is 5.89. The molecule has 3 rings (SSSR count). The summed E-state index contributed by atoms with van der Waals surface area (Å²) in [7, 11) is 3.45. The Morgan fingerprint density at radius 2 is 2.05 bits per heavy atom. The van der Waals surface area contributed by atoms with Crippen LogP contribution >= 0.6 is 0 Å². The lowest BCUT2D eigenvalue weighted by Crippen LogP contribution is -2.01. The number of aryl methyl sites for hydroxylation is 1. The highest BCUT2D eigenvalue weighted by Crippen LogP contribution is 2.31. The van der Waals surface area contributed by atoms with Gasteiger partial charge in [-0.2, -0.15) is 5.10 Å². The lowest BCUT2D eigenvalue weighted by Gasteiger charge is -2.13. The van der Waals surface area contributed by atoms with Gasteiger partial charge in [-0.25, -0.2) is 0 Å². The van der Waals surface area contributed by atoms with Gasteiger partial charge in [0, 0.05) is 18.0 Å². The number of benzene rings is 2. The number of hydrogen-bond acceptors (Lipinski definition) is 4.